The van der Waals surface area contributed by atoms with Crippen LogP contribution in [0, 0.1) is 34.6 Å². The number of anilines is 1. The Morgan fingerprint density at radius 2 is 1.37 bits per heavy atom. The van der Waals surface area contributed by atoms with E-state index in [0.29, 0.717) is 4.90 Å². The summed E-state index contributed by atoms with van der Waals surface area (Å²) in [6.07, 6.45) is 0. The van der Waals surface area contributed by atoms with E-state index in [0.717, 1.165) is 33.5 Å². The second-order valence-electron chi connectivity index (χ2n) is 7.14. The predicted octanol–water partition coefficient (Wildman–Crippen LogP) is 3.56. The summed E-state index contributed by atoms with van der Waals surface area (Å²) in [6.45, 7) is 11.4. The first-order valence-electron chi connectivity index (χ1n) is 8.95. The third-order valence-electron chi connectivity index (χ3n) is 4.40. The molecular formula is C21H28N2O3S. The lowest BCUT2D eigenvalue weighted by molar-refractivity contribution is -0.116. The Morgan fingerprint density at radius 3 is 1.85 bits per heavy atom. The van der Waals surface area contributed by atoms with Crippen LogP contribution in [0.1, 0.15) is 34.7 Å². The molecule has 0 heterocycles. The Labute approximate surface area is 162 Å². The lowest BCUT2D eigenvalue weighted by atomic mass is 10.1. The molecule has 1 amide bonds. The number of aryl methyl sites for hydroxylation is 5. The molecule has 0 fully saturated rings. The smallest absolute Gasteiger partial charge is 0.241 e. The number of carbonyl (C=O) groups is 1. The Bertz CT molecular complexity index is 922. The van der Waals surface area contributed by atoms with Crippen LogP contribution in [0.15, 0.2) is 35.2 Å². The van der Waals surface area contributed by atoms with Gasteiger partial charge in [0.25, 0.3) is 0 Å². The standard InChI is InChI=1S/C21H28N2O3S/c1-14-9-15(2)13-20(12-14)23(19(6)24)8-7-22-27(25,26)21-17(4)10-16(3)11-18(21)5/h9-13,22H,7-8H2,1-6H3. The number of nitrogens with one attached hydrogen (secondary N) is 1. The molecule has 0 aromatic heterocycles. The highest BCUT2D eigenvalue weighted by atomic mass is 32.2. The van der Waals surface area contributed by atoms with Gasteiger partial charge in [0.15, 0.2) is 0 Å². The van der Waals surface area contributed by atoms with E-state index in [1.54, 1.807) is 18.7 Å². The zero-order valence-electron chi connectivity index (χ0n) is 16.9. The Balaban J connectivity index is 2.18. The van der Waals surface area contributed by atoms with Crippen LogP contribution in [-0.4, -0.2) is 27.4 Å². The van der Waals surface area contributed by atoms with Gasteiger partial charge in [0, 0.05) is 25.7 Å². The van der Waals surface area contributed by atoms with E-state index in [2.05, 4.69) is 4.72 Å². The molecule has 0 bridgehead atoms. The van der Waals surface area contributed by atoms with Gasteiger partial charge in [-0.2, -0.15) is 0 Å². The highest BCUT2D eigenvalue weighted by molar-refractivity contribution is 7.89. The first kappa shape index (κ1) is 21.1. The van der Waals surface area contributed by atoms with Gasteiger partial charge < -0.3 is 4.90 Å². The van der Waals surface area contributed by atoms with E-state index in [9.17, 15) is 13.2 Å². The molecule has 27 heavy (non-hydrogen) atoms. The van der Waals surface area contributed by atoms with Crippen molar-refractivity contribution < 1.29 is 13.2 Å². The Hall–Kier alpha value is -2.18. The number of nitrogens with zero attached hydrogens (tertiary/aromatic N) is 1. The van der Waals surface area contributed by atoms with Gasteiger partial charge in [0.2, 0.25) is 15.9 Å². The molecule has 0 radical (unpaired) electrons. The number of benzene rings is 2. The van der Waals surface area contributed by atoms with Crippen molar-refractivity contribution in [1.29, 1.82) is 0 Å². The van der Waals surface area contributed by atoms with Crippen molar-refractivity contribution in [3.8, 4) is 0 Å². The summed E-state index contributed by atoms with van der Waals surface area (Å²) in [5.41, 5.74) is 5.37. The summed E-state index contributed by atoms with van der Waals surface area (Å²) < 4.78 is 28.2. The molecule has 2 aromatic rings. The molecule has 0 aliphatic rings. The fourth-order valence-electron chi connectivity index (χ4n) is 3.53. The van der Waals surface area contributed by atoms with Crippen LogP contribution in [0.3, 0.4) is 0 Å². The lowest BCUT2D eigenvalue weighted by Gasteiger charge is -2.23. The fourth-order valence-corrected chi connectivity index (χ4v) is 5.00. The van der Waals surface area contributed by atoms with Gasteiger partial charge in [-0.25, -0.2) is 13.1 Å². The average molecular weight is 389 g/mol. The van der Waals surface area contributed by atoms with Crippen LogP contribution in [0.4, 0.5) is 5.69 Å². The van der Waals surface area contributed by atoms with Crippen molar-refractivity contribution >= 4 is 21.6 Å². The van der Waals surface area contributed by atoms with E-state index >= 15 is 0 Å². The Kier molecular flexibility index (Phi) is 6.44. The zero-order valence-corrected chi connectivity index (χ0v) is 17.7. The number of amides is 1. The third kappa shape index (κ3) is 5.17. The van der Waals surface area contributed by atoms with Gasteiger partial charge in [-0.3, -0.25) is 4.79 Å². The maximum absolute atomic E-state index is 12.8. The number of carbonyl (C=O) groups excluding carboxylic acids is 1. The minimum atomic E-state index is -3.65. The molecule has 5 nitrogen and oxygen atoms in total. The fraction of sp³-hybridized carbons (Fsp3) is 0.381. The lowest BCUT2D eigenvalue weighted by Crippen LogP contribution is -2.38. The summed E-state index contributed by atoms with van der Waals surface area (Å²) in [7, 11) is -3.65. The second-order valence-corrected chi connectivity index (χ2v) is 8.85. The van der Waals surface area contributed by atoms with Gasteiger partial charge in [0.05, 0.1) is 4.90 Å². The average Bonchev–Trinajstić information content (AvgIpc) is 2.48. The van der Waals surface area contributed by atoms with Crippen molar-refractivity contribution in [3.05, 3.63) is 58.1 Å². The molecule has 2 aromatic carbocycles. The topological polar surface area (TPSA) is 66.5 Å². The van der Waals surface area contributed by atoms with Crippen LogP contribution >= 0.6 is 0 Å². The molecule has 0 aliphatic heterocycles. The van der Waals surface area contributed by atoms with Gasteiger partial charge in [-0.1, -0.05) is 23.8 Å². The molecule has 1 N–H and O–H groups in total. The van der Waals surface area contributed by atoms with Crippen molar-refractivity contribution in [2.75, 3.05) is 18.0 Å². The van der Waals surface area contributed by atoms with E-state index in [1.807, 2.05) is 51.1 Å². The van der Waals surface area contributed by atoms with Crippen molar-refractivity contribution in [1.82, 2.24) is 4.72 Å². The van der Waals surface area contributed by atoms with E-state index < -0.39 is 10.0 Å². The SMILES string of the molecule is CC(=O)N(CCNS(=O)(=O)c1c(C)cc(C)cc1C)c1cc(C)cc(C)c1. The van der Waals surface area contributed by atoms with Crippen LogP contribution in [0.2, 0.25) is 0 Å². The van der Waals surface area contributed by atoms with Gasteiger partial charge in [-0.05, 0) is 69.0 Å². The molecule has 0 atom stereocenters. The molecule has 0 saturated heterocycles. The highest BCUT2D eigenvalue weighted by Gasteiger charge is 2.20. The summed E-state index contributed by atoms with van der Waals surface area (Å²) in [5.74, 6) is -0.123. The highest BCUT2D eigenvalue weighted by Crippen LogP contribution is 2.22. The molecular weight excluding hydrogens is 360 g/mol. The number of sulfonamides is 1. The van der Waals surface area contributed by atoms with Crippen LogP contribution in [-0.2, 0) is 14.8 Å². The maximum atomic E-state index is 12.8. The summed E-state index contributed by atoms with van der Waals surface area (Å²) in [6, 6.07) is 9.61. The van der Waals surface area contributed by atoms with Gasteiger partial charge in [0.1, 0.15) is 0 Å². The molecule has 146 valence electrons. The molecule has 0 unspecified atom stereocenters. The Morgan fingerprint density at radius 1 is 0.889 bits per heavy atom. The minimum absolute atomic E-state index is 0.123. The normalized spacial score (nSPS) is 11.5. The van der Waals surface area contributed by atoms with Crippen molar-refractivity contribution in [2.24, 2.45) is 0 Å². The number of hydrogen-bond acceptors (Lipinski definition) is 3. The van der Waals surface area contributed by atoms with Gasteiger partial charge >= 0.3 is 0 Å². The maximum Gasteiger partial charge on any atom is 0.241 e. The van der Waals surface area contributed by atoms with E-state index in [4.69, 9.17) is 0 Å². The van der Waals surface area contributed by atoms with Gasteiger partial charge in [-0.15, -0.1) is 0 Å². The molecule has 0 aliphatic carbocycles. The molecule has 6 heteroatoms. The summed E-state index contributed by atoms with van der Waals surface area (Å²) in [5, 5.41) is 0. The third-order valence-corrected chi connectivity index (χ3v) is 6.16. The second kappa shape index (κ2) is 8.23. The zero-order chi connectivity index (χ0) is 20.4. The minimum Gasteiger partial charge on any atom is -0.311 e. The molecule has 0 spiro atoms. The number of hydrogen-bond donors (Lipinski definition) is 1. The predicted molar refractivity (Wildman–Crippen MR) is 110 cm³/mol. The number of rotatable bonds is 6. The van der Waals surface area contributed by atoms with Crippen molar-refractivity contribution in [2.45, 2.75) is 46.4 Å². The first-order valence-corrected chi connectivity index (χ1v) is 10.4. The van der Waals surface area contributed by atoms with E-state index in [1.165, 1.54) is 6.92 Å². The molecule has 2 rings (SSSR count). The summed E-state index contributed by atoms with van der Waals surface area (Å²) >= 11 is 0. The van der Waals surface area contributed by atoms with Crippen LogP contribution in [0.25, 0.3) is 0 Å². The van der Waals surface area contributed by atoms with Crippen molar-refractivity contribution in [3.63, 3.8) is 0 Å². The first-order chi connectivity index (χ1) is 12.5. The quantitative estimate of drug-likeness (QED) is 0.823. The molecule has 0 saturated carbocycles. The van der Waals surface area contributed by atoms with Crippen LogP contribution < -0.4 is 9.62 Å². The van der Waals surface area contributed by atoms with Crippen LogP contribution in [0.5, 0.6) is 0 Å². The largest absolute Gasteiger partial charge is 0.311 e. The monoisotopic (exact) mass is 388 g/mol. The summed E-state index contributed by atoms with van der Waals surface area (Å²) in [4.78, 5) is 14.0. The van der Waals surface area contributed by atoms with E-state index in [-0.39, 0.29) is 19.0 Å².